The first-order valence-electron chi connectivity index (χ1n) is 9.42. The first-order chi connectivity index (χ1) is 12.6. The molecule has 2 heterocycles. The zero-order valence-corrected chi connectivity index (χ0v) is 16.1. The van der Waals surface area contributed by atoms with Crippen molar-refractivity contribution >= 4 is 16.9 Å². The van der Waals surface area contributed by atoms with E-state index in [0.29, 0.717) is 6.61 Å². The number of anilines is 1. The van der Waals surface area contributed by atoms with E-state index in [4.69, 9.17) is 9.72 Å². The Kier molecular flexibility index (Phi) is 5.89. The summed E-state index contributed by atoms with van der Waals surface area (Å²) in [5.74, 6) is 1.95. The van der Waals surface area contributed by atoms with Crippen LogP contribution >= 0.6 is 0 Å². The molecule has 0 aliphatic heterocycles. The highest BCUT2D eigenvalue weighted by Crippen LogP contribution is 2.25. The molecule has 0 aliphatic carbocycles. The van der Waals surface area contributed by atoms with Crippen LogP contribution in [0.4, 0.5) is 5.82 Å². The molecule has 5 nitrogen and oxygen atoms in total. The summed E-state index contributed by atoms with van der Waals surface area (Å²) in [6.45, 7) is 11.7. The maximum Gasteiger partial charge on any atom is 0.142 e. The molecule has 3 aromatic rings. The van der Waals surface area contributed by atoms with Crippen LogP contribution in [0, 0.1) is 0 Å². The van der Waals surface area contributed by atoms with E-state index in [1.807, 2.05) is 12.3 Å². The third-order valence-electron chi connectivity index (χ3n) is 4.51. The van der Waals surface area contributed by atoms with Gasteiger partial charge in [-0.1, -0.05) is 12.1 Å². The number of fused-ring (bicyclic) bond motifs is 1. The van der Waals surface area contributed by atoms with Gasteiger partial charge in [-0.25, -0.2) is 9.97 Å². The number of imidazole rings is 1. The molecular weight excluding hydrogens is 324 g/mol. The highest BCUT2D eigenvalue weighted by atomic mass is 16.5. The van der Waals surface area contributed by atoms with Gasteiger partial charge in [0.1, 0.15) is 11.6 Å². The zero-order valence-electron chi connectivity index (χ0n) is 16.1. The lowest BCUT2D eigenvalue weighted by molar-refractivity contribution is 0.0735. The predicted molar refractivity (Wildman–Crippen MR) is 108 cm³/mol. The molecule has 0 atom stereocenters. The molecule has 1 aromatic carbocycles. The van der Waals surface area contributed by atoms with Crippen LogP contribution in [0.3, 0.4) is 0 Å². The van der Waals surface area contributed by atoms with Crippen LogP contribution in [0.2, 0.25) is 0 Å². The number of hydrogen-bond donors (Lipinski definition) is 0. The summed E-state index contributed by atoms with van der Waals surface area (Å²) < 4.78 is 7.99. The van der Waals surface area contributed by atoms with Crippen LogP contribution in [0.5, 0.6) is 0 Å². The molecule has 2 aromatic heterocycles. The molecule has 0 aliphatic rings. The highest BCUT2D eigenvalue weighted by Gasteiger charge is 2.13. The van der Waals surface area contributed by atoms with Crippen LogP contribution in [-0.4, -0.2) is 40.3 Å². The Morgan fingerprint density at radius 2 is 1.85 bits per heavy atom. The minimum absolute atomic E-state index is 0.225. The standard InChI is InChI=1S/C21H28N4O/c1-5-24(6-2)20-12-11-17(15-22-20)21-23-18-9-7-8-10-19(18)25(21)13-14-26-16(3)4/h7-12,15-16H,5-6,13-14H2,1-4H3. The van der Waals surface area contributed by atoms with Crippen LogP contribution < -0.4 is 4.90 Å². The molecule has 5 heteroatoms. The lowest BCUT2D eigenvalue weighted by Crippen LogP contribution is -2.22. The van der Waals surface area contributed by atoms with E-state index in [2.05, 4.69) is 72.5 Å². The summed E-state index contributed by atoms with van der Waals surface area (Å²) in [7, 11) is 0. The summed E-state index contributed by atoms with van der Waals surface area (Å²) in [6.07, 6.45) is 2.15. The van der Waals surface area contributed by atoms with Gasteiger partial charge in [0.15, 0.2) is 0 Å². The molecular formula is C21H28N4O. The van der Waals surface area contributed by atoms with Gasteiger partial charge in [0.05, 0.1) is 23.7 Å². The van der Waals surface area contributed by atoms with Gasteiger partial charge in [0, 0.05) is 31.4 Å². The second-order valence-electron chi connectivity index (χ2n) is 6.57. The van der Waals surface area contributed by atoms with Crippen molar-refractivity contribution in [1.82, 2.24) is 14.5 Å². The van der Waals surface area contributed by atoms with Crippen molar-refractivity contribution < 1.29 is 4.74 Å². The first kappa shape index (κ1) is 18.4. The fraction of sp³-hybridized carbons (Fsp3) is 0.429. The Bertz CT molecular complexity index is 835. The number of para-hydroxylation sites is 2. The van der Waals surface area contributed by atoms with Crippen LogP contribution in [-0.2, 0) is 11.3 Å². The molecule has 0 fully saturated rings. The molecule has 0 spiro atoms. The maximum atomic E-state index is 5.76. The number of nitrogens with zero attached hydrogens (tertiary/aromatic N) is 4. The van der Waals surface area contributed by atoms with E-state index in [1.54, 1.807) is 0 Å². The molecule has 0 saturated carbocycles. The number of ether oxygens (including phenoxy) is 1. The Morgan fingerprint density at radius 1 is 1.08 bits per heavy atom. The molecule has 0 radical (unpaired) electrons. The fourth-order valence-electron chi connectivity index (χ4n) is 3.15. The SMILES string of the molecule is CCN(CC)c1ccc(-c2nc3ccccc3n2CCOC(C)C)cn1. The number of pyridine rings is 1. The number of benzene rings is 1. The van der Waals surface area contributed by atoms with Crippen molar-refractivity contribution in [3.63, 3.8) is 0 Å². The Balaban J connectivity index is 1.95. The molecule has 0 unspecified atom stereocenters. The summed E-state index contributed by atoms with van der Waals surface area (Å²) in [5.41, 5.74) is 3.16. The first-order valence-corrected chi connectivity index (χ1v) is 9.42. The summed E-state index contributed by atoms with van der Waals surface area (Å²) >= 11 is 0. The van der Waals surface area contributed by atoms with Crippen molar-refractivity contribution in [3.05, 3.63) is 42.6 Å². The second-order valence-corrected chi connectivity index (χ2v) is 6.57. The van der Waals surface area contributed by atoms with Gasteiger partial charge < -0.3 is 14.2 Å². The summed E-state index contributed by atoms with van der Waals surface area (Å²) in [4.78, 5) is 11.7. The van der Waals surface area contributed by atoms with Gasteiger partial charge in [0.2, 0.25) is 0 Å². The topological polar surface area (TPSA) is 43.2 Å². The number of rotatable bonds is 8. The average molecular weight is 352 g/mol. The molecule has 26 heavy (non-hydrogen) atoms. The Labute approximate surface area is 155 Å². The smallest absolute Gasteiger partial charge is 0.142 e. The van der Waals surface area contributed by atoms with Gasteiger partial charge in [-0.2, -0.15) is 0 Å². The zero-order chi connectivity index (χ0) is 18.5. The van der Waals surface area contributed by atoms with Crippen molar-refractivity contribution in [1.29, 1.82) is 0 Å². The van der Waals surface area contributed by atoms with Crippen molar-refractivity contribution in [2.45, 2.75) is 40.3 Å². The van der Waals surface area contributed by atoms with E-state index in [9.17, 15) is 0 Å². The van der Waals surface area contributed by atoms with E-state index in [0.717, 1.165) is 47.9 Å². The molecule has 0 bridgehead atoms. The molecule has 138 valence electrons. The van der Waals surface area contributed by atoms with Crippen LogP contribution in [0.15, 0.2) is 42.6 Å². The van der Waals surface area contributed by atoms with Gasteiger partial charge in [-0.3, -0.25) is 0 Å². The van der Waals surface area contributed by atoms with E-state index >= 15 is 0 Å². The Morgan fingerprint density at radius 3 is 2.50 bits per heavy atom. The minimum Gasteiger partial charge on any atom is -0.377 e. The quantitative estimate of drug-likeness (QED) is 0.604. The van der Waals surface area contributed by atoms with Crippen LogP contribution in [0.25, 0.3) is 22.4 Å². The van der Waals surface area contributed by atoms with Gasteiger partial charge in [-0.15, -0.1) is 0 Å². The monoisotopic (exact) mass is 352 g/mol. The average Bonchev–Trinajstić information content (AvgIpc) is 3.02. The summed E-state index contributed by atoms with van der Waals surface area (Å²) in [5, 5.41) is 0. The summed E-state index contributed by atoms with van der Waals surface area (Å²) in [6, 6.07) is 12.4. The third kappa shape index (κ3) is 3.88. The lowest BCUT2D eigenvalue weighted by atomic mass is 10.2. The number of aromatic nitrogens is 3. The lowest BCUT2D eigenvalue weighted by Gasteiger charge is -2.19. The van der Waals surface area contributed by atoms with Crippen LogP contribution in [0.1, 0.15) is 27.7 Å². The molecule has 0 N–H and O–H groups in total. The normalized spacial score (nSPS) is 11.4. The number of hydrogen-bond acceptors (Lipinski definition) is 4. The van der Waals surface area contributed by atoms with E-state index < -0.39 is 0 Å². The highest BCUT2D eigenvalue weighted by molar-refractivity contribution is 5.80. The Hall–Kier alpha value is -2.40. The largest absolute Gasteiger partial charge is 0.377 e. The predicted octanol–water partition coefficient (Wildman–Crippen LogP) is 4.37. The van der Waals surface area contributed by atoms with Crippen molar-refractivity contribution in [2.75, 3.05) is 24.6 Å². The van der Waals surface area contributed by atoms with E-state index in [-0.39, 0.29) is 6.10 Å². The fourth-order valence-corrected chi connectivity index (χ4v) is 3.15. The van der Waals surface area contributed by atoms with Gasteiger partial charge in [-0.05, 0) is 52.0 Å². The van der Waals surface area contributed by atoms with Gasteiger partial charge in [0.25, 0.3) is 0 Å². The maximum absolute atomic E-state index is 5.76. The molecule has 3 rings (SSSR count). The third-order valence-corrected chi connectivity index (χ3v) is 4.51. The second kappa shape index (κ2) is 8.32. The van der Waals surface area contributed by atoms with E-state index in [1.165, 1.54) is 0 Å². The van der Waals surface area contributed by atoms with Gasteiger partial charge >= 0.3 is 0 Å². The van der Waals surface area contributed by atoms with Crippen molar-refractivity contribution in [3.8, 4) is 11.4 Å². The van der Waals surface area contributed by atoms with Crippen molar-refractivity contribution in [2.24, 2.45) is 0 Å². The minimum atomic E-state index is 0.225. The molecule has 0 saturated heterocycles. The molecule has 0 amide bonds.